The molecule has 1 aromatic heterocycles. The largest absolute Gasteiger partial charge is 0.457 e. The van der Waals surface area contributed by atoms with Gasteiger partial charge in [-0.15, -0.1) is 5.10 Å². The van der Waals surface area contributed by atoms with E-state index in [1.807, 2.05) is 24.3 Å². The summed E-state index contributed by atoms with van der Waals surface area (Å²) in [5.41, 5.74) is 0.966. The zero-order valence-electron chi connectivity index (χ0n) is 18.3. The predicted octanol–water partition coefficient (Wildman–Crippen LogP) is 3.53. The van der Waals surface area contributed by atoms with Crippen molar-refractivity contribution in [2.45, 2.75) is 25.9 Å². The number of nitrogens with one attached hydrogen (secondary N) is 1. The number of amidine groups is 1. The van der Waals surface area contributed by atoms with Crippen LogP contribution in [0.1, 0.15) is 31.7 Å². The van der Waals surface area contributed by atoms with Gasteiger partial charge in [0, 0.05) is 28.7 Å². The van der Waals surface area contributed by atoms with Crippen molar-refractivity contribution in [2.75, 3.05) is 5.75 Å². The topological polar surface area (TPSA) is 113 Å². The van der Waals surface area contributed by atoms with E-state index in [4.69, 9.17) is 14.5 Å². The van der Waals surface area contributed by atoms with Crippen molar-refractivity contribution in [2.24, 2.45) is 10.1 Å². The van der Waals surface area contributed by atoms with Gasteiger partial charge in [-0.2, -0.15) is 0 Å². The van der Waals surface area contributed by atoms with Gasteiger partial charge in [0.1, 0.15) is 11.5 Å². The summed E-state index contributed by atoms with van der Waals surface area (Å²) in [4.78, 5) is 28.7. The van der Waals surface area contributed by atoms with Crippen molar-refractivity contribution < 1.29 is 14.1 Å². The van der Waals surface area contributed by atoms with Crippen LogP contribution in [0.2, 0.25) is 0 Å². The second-order valence-corrected chi connectivity index (χ2v) is 8.87. The maximum Gasteiger partial charge on any atom is 0.276 e. The number of nitrogens with zero attached hydrogens (tertiary/aromatic N) is 4. The van der Waals surface area contributed by atoms with E-state index >= 15 is 0 Å². The third-order valence-corrected chi connectivity index (χ3v) is 6.42. The molecule has 0 fully saturated rings. The second-order valence-electron chi connectivity index (χ2n) is 7.78. The van der Waals surface area contributed by atoms with E-state index in [1.165, 1.54) is 23.9 Å². The molecule has 3 heterocycles. The Balaban J connectivity index is 1.57. The van der Waals surface area contributed by atoms with Gasteiger partial charge in [-0.25, -0.2) is 10.0 Å². The zero-order chi connectivity index (χ0) is 23.7. The number of furan rings is 1. The van der Waals surface area contributed by atoms with Crippen LogP contribution in [0.4, 0.5) is 5.69 Å². The molecule has 1 N–H and O–H groups in total. The van der Waals surface area contributed by atoms with E-state index in [0.29, 0.717) is 38.5 Å². The van der Waals surface area contributed by atoms with Crippen LogP contribution in [-0.2, 0) is 4.79 Å². The fourth-order valence-corrected chi connectivity index (χ4v) is 4.75. The summed E-state index contributed by atoms with van der Waals surface area (Å²) >= 11 is 1.49. The molecule has 34 heavy (non-hydrogen) atoms. The lowest BCUT2D eigenvalue weighted by molar-refractivity contribution is -0.384. The Kier molecular flexibility index (Phi) is 5.89. The first kappa shape index (κ1) is 21.9. The number of carbonyl (C=O) groups is 1. The Morgan fingerprint density at radius 2 is 2.03 bits per heavy atom. The Bertz CT molecular complexity index is 1430. The van der Waals surface area contributed by atoms with Gasteiger partial charge in [0.25, 0.3) is 11.6 Å². The van der Waals surface area contributed by atoms with Crippen molar-refractivity contribution >= 4 is 34.2 Å². The lowest BCUT2D eigenvalue weighted by Gasteiger charge is -2.32. The summed E-state index contributed by atoms with van der Waals surface area (Å²) in [6.07, 6.45) is 1.37. The Labute approximate surface area is 199 Å². The van der Waals surface area contributed by atoms with E-state index in [-0.39, 0.29) is 11.6 Å². The molecule has 172 valence electrons. The van der Waals surface area contributed by atoms with Gasteiger partial charge in [-0.05, 0) is 24.6 Å². The third-order valence-electron chi connectivity index (χ3n) is 5.47. The minimum absolute atomic E-state index is 0.0200. The standard InChI is InChI=1S/C24H21N5O4S/c1-2-3-13-34-24-26-23(30)21-17-9-4-5-10-18(17)25-22(28(21)27-24)20-12-11-19(33-20)15-7-6-8-16(14-15)29(31)32/h4-12,14,22H,2-3,13H2,1H3,(H,26,27,30)/t22-/m1/s1. The molecule has 10 heteroatoms. The number of rotatable bonds is 6. The first-order valence-electron chi connectivity index (χ1n) is 10.9. The third kappa shape index (κ3) is 4.08. The van der Waals surface area contributed by atoms with Crippen LogP contribution in [0.5, 0.6) is 0 Å². The zero-order valence-corrected chi connectivity index (χ0v) is 19.1. The number of hydrogen-bond acceptors (Lipinski definition) is 8. The number of nitro groups is 1. The highest BCUT2D eigenvalue weighted by Crippen LogP contribution is 2.34. The normalized spacial score (nSPS) is 16.8. The maximum atomic E-state index is 13.1. The van der Waals surface area contributed by atoms with Crippen molar-refractivity contribution in [1.29, 1.82) is 0 Å². The van der Waals surface area contributed by atoms with Crippen LogP contribution in [0.25, 0.3) is 17.0 Å². The van der Waals surface area contributed by atoms with Gasteiger partial charge in [0.15, 0.2) is 10.9 Å². The minimum atomic E-state index is -0.690. The number of unbranched alkanes of at least 4 members (excludes halogenated alkanes) is 1. The van der Waals surface area contributed by atoms with Crippen molar-refractivity contribution in [1.82, 2.24) is 10.3 Å². The Morgan fingerprint density at radius 1 is 1.18 bits per heavy atom. The highest BCUT2D eigenvalue weighted by molar-refractivity contribution is 8.13. The number of benzene rings is 2. The minimum Gasteiger partial charge on any atom is -0.457 e. The lowest BCUT2D eigenvalue weighted by Crippen LogP contribution is -2.50. The smallest absolute Gasteiger partial charge is 0.276 e. The van der Waals surface area contributed by atoms with E-state index in [9.17, 15) is 14.9 Å². The number of nitro benzene ring substituents is 1. The molecular weight excluding hydrogens is 454 g/mol. The summed E-state index contributed by atoms with van der Waals surface area (Å²) in [7, 11) is 0. The highest BCUT2D eigenvalue weighted by atomic mass is 32.2. The number of hydrazone groups is 1. The SMILES string of the molecule is CCCCSC1=NN2C(=c3ccccc3=N[C@H]2c2ccc(-c3cccc([N+](=O)[O-])c3)o2)C(=O)N1. The first-order valence-corrected chi connectivity index (χ1v) is 11.9. The molecule has 0 radical (unpaired) electrons. The highest BCUT2D eigenvalue weighted by Gasteiger charge is 2.36. The molecule has 0 unspecified atom stereocenters. The summed E-state index contributed by atoms with van der Waals surface area (Å²) in [6, 6.07) is 17.2. The first-order chi connectivity index (χ1) is 16.5. The van der Waals surface area contributed by atoms with Crippen LogP contribution in [-0.4, -0.2) is 26.8 Å². The van der Waals surface area contributed by atoms with Crippen LogP contribution in [0.3, 0.4) is 0 Å². The summed E-state index contributed by atoms with van der Waals surface area (Å²) in [5, 5.41) is 22.2. The van der Waals surface area contributed by atoms with Gasteiger partial charge < -0.3 is 4.42 Å². The van der Waals surface area contributed by atoms with E-state index in [2.05, 4.69) is 12.2 Å². The van der Waals surface area contributed by atoms with Crippen LogP contribution < -0.4 is 15.9 Å². The predicted molar refractivity (Wildman–Crippen MR) is 129 cm³/mol. The molecule has 0 aliphatic carbocycles. The summed E-state index contributed by atoms with van der Waals surface area (Å²) in [6.45, 7) is 2.11. The average Bonchev–Trinajstić information content (AvgIpc) is 3.34. The van der Waals surface area contributed by atoms with Crippen molar-refractivity contribution in [3.63, 3.8) is 0 Å². The van der Waals surface area contributed by atoms with Crippen LogP contribution in [0, 0.1) is 10.1 Å². The van der Waals surface area contributed by atoms with Crippen LogP contribution in [0.15, 0.2) is 75.2 Å². The van der Waals surface area contributed by atoms with Crippen LogP contribution >= 0.6 is 11.8 Å². The molecule has 2 aliphatic heterocycles. The van der Waals surface area contributed by atoms with Gasteiger partial charge in [0.2, 0.25) is 6.17 Å². The molecular formula is C24H21N5O4S. The van der Waals surface area contributed by atoms with Gasteiger partial charge in [-0.1, -0.05) is 55.4 Å². The average molecular weight is 476 g/mol. The van der Waals surface area contributed by atoms with Crippen molar-refractivity contribution in [3.05, 3.63) is 87.1 Å². The number of carbonyl (C=O) groups excluding carboxylic acids is 1. The number of amides is 1. The fraction of sp³-hybridized carbons (Fsp3) is 0.208. The maximum absolute atomic E-state index is 13.1. The van der Waals surface area contributed by atoms with Gasteiger partial charge in [0.05, 0.1) is 10.3 Å². The molecule has 3 aromatic rings. The summed E-state index contributed by atoms with van der Waals surface area (Å²) in [5.74, 6) is 1.54. The Morgan fingerprint density at radius 3 is 2.85 bits per heavy atom. The van der Waals surface area contributed by atoms with E-state index < -0.39 is 11.1 Å². The van der Waals surface area contributed by atoms with E-state index in [0.717, 1.165) is 18.6 Å². The molecule has 0 saturated carbocycles. The second kappa shape index (κ2) is 9.14. The number of thioether (sulfide) groups is 1. The quantitative estimate of drug-likeness (QED) is 0.331. The molecule has 2 aliphatic rings. The van der Waals surface area contributed by atoms with E-state index in [1.54, 1.807) is 29.3 Å². The molecule has 0 bridgehead atoms. The van der Waals surface area contributed by atoms with Crippen molar-refractivity contribution in [3.8, 4) is 11.3 Å². The molecule has 2 aromatic carbocycles. The molecule has 0 saturated heterocycles. The number of hydrogen-bond donors (Lipinski definition) is 1. The summed E-state index contributed by atoms with van der Waals surface area (Å²) < 4.78 is 6.10. The number of non-ortho nitro benzene ring substituents is 1. The lowest BCUT2D eigenvalue weighted by atomic mass is 10.1. The van der Waals surface area contributed by atoms with Gasteiger partial charge >= 0.3 is 0 Å². The molecule has 1 amide bonds. The number of para-hydroxylation sites is 1. The number of fused-ring (bicyclic) bond motifs is 2. The molecule has 0 spiro atoms. The molecule has 9 nitrogen and oxygen atoms in total. The molecule has 1 atom stereocenters. The monoisotopic (exact) mass is 475 g/mol. The van der Waals surface area contributed by atoms with Gasteiger partial charge in [-0.3, -0.25) is 20.2 Å². The molecule has 5 rings (SSSR count). The Hall–Kier alpha value is -3.92. The fourth-order valence-electron chi connectivity index (χ4n) is 3.81.